The monoisotopic (exact) mass is 302 g/mol. The lowest BCUT2D eigenvalue weighted by atomic mass is 9.57. The number of nitrogens with zero attached hydrogens (tertiary/aromatic N) is 1. The lowest BCUT2D eigenvalue weighted by Crippen LogP contribution is -2.67. The van der Waals surface area contributed by atoms with Crippen molar-refractivity contribution >= 4 is 6.03 Å². The minimum atomic E-state index is -0.141. The lowest BCUT2D eigenvalue weighted by Gasteiger charge is -2.54. The molecule has 0 spiro atoms. The number of nitrogens with one attached hydrogen (secondary N) is 1. The summed E-state index contributed by atoms with van der Waals surface area (Å²) in [5, 5.41) is 3.15. The predicted molar refractivity (Wildman–Crippen MR) is 81.9 cm³/mol. The van der Waals surface area contributed by atoms with E-state index in [1.54, 1.807) is 17.2 Å². The van der Waals surface area contributed by atoms with E-state index in [-0.39, 0.29) is 30.1 Å². The number of hydrogen-bond acceptors (Lipinski definition) is 3. The van der Waals surface area contributed by atoms with Crippen molar-refractivity contribution < 1.29 is 13.9 Å². The average Bonchev–Trinajstić information content (AvgIpc) is 3.14. The zero-order valence-corrected chi connectivity index (χ0v) is 13.0. The molecule has 2 heterocycles. The fourth-order valence-corrected chi connectivity index (χ4v) is 3.74. The molecule has 5 heteroatoms. The normalized spacial score (nSPS) is 28.3. The first kappa shape index (κ1) is 15.0. The molecule has 2 fully saturated rings. The van der Waals surface area contributed by atoms with Gasteiger partial charge in [-0.1, -0.05) is 19.8 Å². The van der Waals surface area contributed by atoms with E-state index in [4.69, 9.17) is 15.6 Å². The maximum Gasteiger partial charge on any atom is 0.318 e. The van der Waals surface area contributed by atoms with E-state index in [9.17, 15) is 4.79 Å². The number of furan rings is 1. The number of fused-ring (bicyclic) bond motifs is 1. The molecule has 1 saturated carbocycles. The third-order valence-corrected chi connectivity index (χ3v) is 4.88. The molecule has 118 valence electrons. The highest BCUT2D eigenvalue weighted by Crippen LogP contribution is 2.52. The van der Waals surface area contributed by atoms with Crippen LogP contribution in [0, 0.1) is 23.7 Å². The maximum absolute atomic E-state index is 12.6. The summed E-state index contributed by atoms with van der Waals surface area (Å²) in [4.78, 5) is 14.2. The molecule has 5 nitrogen and oxygen atoms in total. The SMILES string of the molecule is C#CCN(Cc1ccco1)C(=O)N[C@@H]1[C@@H]2CCO[C@H]2C1(C)C. The van der Waals surface area contributed by atoms with Crippen LogP contribution >= 0.6 is 0 Å². The Labute approximate surface area is 131 Å². The largest absolute Gasteiger partial charge is 0.467 e. The van der Waals surface area contributed by atoms with Gasteiger partial charge in [-0.15, -0.1) is 6.42 Å². The minimum Gasteiger partial charge on any atom is -0.467 e. The number of rotatable bonds is 4. The summed E-state index contributed by atoms with van der Waals surface area (Å²) in [6.07, 6.45) is 8.24. The van der Waals surface area contributed by atoms with Gasteiger partial charge in [-0.25, -0.2) is 4.79 Å². The number of ether oxygens (including phenoxy) is 1. The number of carbonyl (C=O) groups excluding carboxylic acids is 1. The van der Waals surface area contributed by atoms with Crippen LogP contribution < -0.4 is 5.32 Å². The Hall–Kier alpha value is -1.93. The highest BCUT2D eigenvalue weighted by Gasteiger charge is 2.59. The Morgan fingerprint density at radius 3 is 3.09 bits per heavy atom. The molecule has 0 bridgehead atoms. The van der Waals surface area contributed by atoms with Crippen molar-refractivity contribution in [1.82, 2.24) is 10.2 Å². The summed E-state index contributed by atoms with van der Waals surface area (Å²) in [6.45, 7) is 5.70. The summed E-state index contributed by atoms with van der Waals surface area (Å²) in [5.74, 6) is 3.67. The van der Waals surface area contributed by atoms with Crippen LogP contribution in [0.25, 0.3) is 0 Å². The zero-order valence-electron chi connectivity index (χ0n) is 13.0. The molecule has 3 atom stereocenters. The first-order valence-electron chi connectivity index (χ1n) is 7.67. The Morgan fingerprint density at radius 1 is 1.59 bits per heavy atom. The van der Waals surface area contributed by atoms with Gasteiger partial charge in [0, 0.05) is 24.0 Å². The number of hydrogen-bond donors (Lipinski definition) is 1. The zero-order chi connectivity index (χ0) is 15.7. The van der Waals surface area contributed by atoms with Crippen LogP contribution in [0.1, 0.15) is 26.0 Å². The van der Waals surface area contributed by atoms with Crippen LogP contribution in [0.3, 0.4) is 0 Å². The first-order chi connectivity index (χ1) is 10.5. The summed E-state index contributed by atoms with van der Waals surface area (Å²) in [5.41, 5.74) is -0.0384. The summed E-state index contributed by atoms with van der Waals surface area (Å²) in [7, 11) is 0. The molecule has 1 saturated heterocycles. The molecular formula is C17H22N2O3. The van der Waals surface area contributed by atoms with Crippen molar-refractivity contribution in [2.75, 3.05) is 13.2 Å². The van der Waals surface area contributed by atoms with Gasteiger partial charge in [-0.05, 0) is 18.6 Å². The molecular weight excluding hydrogens is 280 g/mol. The second-order valence-electron chi connectivity index (χ2n) is 6.63. The van der Waals surface area contributed by atoms with E-state index < -0.39 is 0 Å². The molecule has 2 amide bonds. The molecule has 0 unspecified atom stereocenters. The molecule has 1 aliphatic heterocycles. The molecule has 3 rings (SSSR count). The van der Waals surface area contributed by atoms with Crippen molar-refractivity contribution in [1.29, 1.82) is 0 Å². The van der Waals surface area contributed by atoms with Crippen molar-refractivity contribution in [3.63, 3.8) is 0 Å². The maximum atomic E-state index is 12.6. The summed E-state index contributed by atoms with van der Waals surface area (Å²) < 4.78 is 11.1. The lowest BCUT2D eigenvalue weighted by molar-refractivity contribution is -0.109. The third-order valence-electron chi connectivity index (χ3n) is 4.88. The van der Waals surface area contributed by atoms with Crippen molar-refractivity contribution in [3.8, 4) is 12.3 Å². The van der Waals surface area contributed by atoms with Crippen LogP contribution in [0.2, 0.25) is 0 Å². The van der Waals surface area contributed by atoms with Gasteiger partial charge in [0.25, 0.3) is 0 Å². The van der Waals surface area contributed by atoms with Crippen molar-refractivity contribution in [2.45, 2.75) is 39.0 Å². The molecule has 1 aliphatic carbocycles. The topological polar surface area (TPSA) is 54.7 Å². The van der Waals surface area contributed by atoms with Crippen molar-refractivity contribution in [2.24, 2.45) is 11.3 Å². The molecule has 2 aliphatic rings. The van der Waals surface area contributed by atoms with E-state index in [2.05, 4.69) is 25.1 Å². The summed E-state index contributed by atoms with van der Waals surface area (Å²) >= 11 is 0. The van der Waals surface area contributed by atoms with E-state index in [1.165, 1.54) is 0 Å². The van der Waals surface area contributed by atoms with E-state index in [1.807, 2.05) is 6.07 Å². The standard InChI is InChI=1S/C17H22N2O3/c1-4-8-19(11-12-6-5-9-21-12)16(20)18-14-13-7-10-22-15(13)17(14,2)3/h1,5-6,9,13-15H,7-8,10-11H2,2-3H3,(H,18,20)/t13-,14+,15+/m0/s1. The summed E-state index contributed by atoms with van der Waals surface area (Å²) in [6, 6.07) is 3.63. The molecule has 1 aromatic heterocycles. The van der Waals surface area contributed by atoms with E-state index in [0.29, 0.717) is 12.5 Å². The van der Waals surface area contributed by atoms with Crippen LogP contribution in [0.5, 0.6) is 0 Å². The quantitative estimate of drug-likeness (QED) is 0.868. The molecule has 22 heavy (non-hydrogen) atoms. The molecule has 1 N–H and O–H groups in total. The first-order valence-corrected chi connectivity index (χ1v) is 7.67. The number of carbonyl (C=O) groups is 1. The highest BCUT2D eigenvalue weighted by molar-refractivity contribution is 5.75. The van der Waals surface area contributed by atoms with Gasteiger partial charge >= 0.3 is 6.03 Å². The fourth-order valence-electron chi connectivity index (χ4n) is 3.74. The Bertz CT molecular complexity index is 573. The smallest absolute Gasteiger partial charge is 0.318 e. The average molecular weight is 302 g/mol. The molecule has 0 aromatic carbocycles. The Morgan fingerprint density at radius 2 is 2.41 bits per heavy atom. The second-order valence-corrected chi connectivity index (χ2v) is 6.63. The Kier molecular flexibility index (Phi) is 3.88. The number of amides is 2. The van der Waals surface area contributed by atoms with E-state index >= 15 is 0 Å². The van der Waals surface area contributed by atoms with Gasteiger partial charge in [-0.2, -0.15) is 0 Å². The van der Waals surface area contributed by atoms with Crippen LogP contribution in [-0.4, -0.2) is 36.2 Å². The van der Waals surface area contributed by atoms with Gasteiger partial charge in [0.2, 0.25) is 0 Å². The second kappa shape index (κ2) is 5.69. The highest BCUT2D eigenvalue weighted by atomic mass is 16.5. The van der Waals surface area contributed by atoms with Crippen molar-refractivity contribution in [3.05, 3.63) is 24.2 Å². The predicted octanol–water partition coefficient (Wildman–Crippen LogP) is 2.24. The van der Waals surface area contributed by atoms with Gasteiger partial charge < -0.3 is 19.4 Å². The van der Waals surface area contributed by atoms with Crippen LogP contribution in [0.4, 0.5) is 4.79 Å². The Balaban J connectivity index is 1.65. The molecule has 1 aromatic rings. The van der Waals surface area contributed by atoms with Crippen LogP contribution in [0.15, 0.2) is 22.8 Å². The third kappa shape index (κ3) is 2.48. The van der Waals surface area contributed by atoms with Gasteiger partial charge in [-0.3, -0.25) is 0 Å². The van der Waals surface area contributed by atoms with E-state index in [0.717, 1.165) is 18.8 Å². The number of terminal acetylenes is 1. The molecule has 0 radical (unpaired) electrons. The fraction of sp³-hybridized carbons (Fsp3) is 0.588. The van der Waals surface area contributed by atoms with Gasteiger partial charge in [0.05, 0.1) is 25.5 Å². The minimum absolute atomic E-state index is 0.0384. The van der Waals surface area contributed by atoms with Gasteiger partial charge in [0.15, 0.2) is 0 Å². The van der Waals surface area contributed by atoms with Crippen LogP contribution in [-0.2, 0) is 11.3 Å². The number of urea groups is 1. The van der Waals surface area contributed by atoms with Gasteiger partial charge in [0.1, 0.15) is 5.76 Å².